The maximum Gasteiger partial charge on any atom is 0.259 e. The molecule has 0 radical (unpaired) electrons. The summed E-state index contributed by atoms with van der Waals surface area (Å²) < 4.78 is 1.73. The molecule has 7 heteroatoms. The van der Waals surface area contributed by atoms with Gasteiger partial charge in [-0.2, -0.15) is 5.10 Å². The largest absolute Gasteiger partial charge is 0.336 e. The van der Waals surface area contributed by atoms with E-state index in [1.807, 2.05) is 43.0 Å². The zero-order chi connectivity index (χ0) is 19.8. The van der Waals surface area contributed by atoms with Crippen LogP contribution in [0.25, 0.3) is 5.65 Å². The maximum atomic E-state index is 13.1. The lowest BCUT2D eigenvalue weighted by atomic mass is 10.1. The van der Waals surface area contributed by atoms with E-state index in [0.29, 0.717) is 24.3 Å². The molecular formula is C21H24ClN5O. The van der Waals surface area contributed by atoms with Crippen molar-refractivity contribution >= 4 is 23.2 Å². The van der Waals surface area contributed by atoms with E-state index < -0.39 is 0 Å². The lowest BCUT2D eigenvalue weighted by molar-refractivity contribution is 0.0583. The number of fused-ring (bicyclic) bond motifs is 1. The van der Waals surface area contributed by atoms with E-state index in [1.165, 1.54) is 0 Å². The van der Waals surface area contributed by atoms with Crippen LogP contribution in [0.4, 0.5) is 0 Å². The molecule has 1 aliphatic rings. The molecule has 1 aliphatic heterocycles. The highest BCUT2D eigenvalue weighted by Crippen LogP contribution is 2.28. The van der Waals surface area contributed by atoms with Crippen LogP contribution in [-0.2, 0) is 0 Å². The number of carbonyl (C=O) groups is 1. The molecule has 1 saturated heterocycles. The van der Waals surface area contributed by atoms with Crippen molar-refractivity contribution in [1.29, 1.82) is 0 Å². The third-order valence-electron chi connectivity index (χ3n) is 5.51. The molecule has 3 heterocycles. The number of nitrogens with zero attached hydrogens (tertiary/aromatic N) is 5. The molecule has 1 atom stereocenters. The summed E-state index contributed by atoms with van der Waals surface area (Å²) in [7, 11) is 0. The lowest BCUT2D eigenvalue weighted by Gasteiger charge is -2.38. The Kier molecular flexibility index (Phi) is 5.08. The van der Waals surface area contributed by atoms with Crippen LogP contribution < -0.4 is 0 Å². The molecule has 4 rings (SSSR count). The summed E-state index contributed by atoms with van der Waals surface area (Å²) in [5.41, 5.74) is 4.19. The molecule has 146 valence electrons. The van der Waals surface area contributed by atoms with E-state index >= 15 is 0 Å². The summed E-state index contributed by atoms with van der Waals surface area (Å²) in [6, 6.07) is 10.1. The Labute approximate surface area is 169 Å². The number of amides is 1. The number of benzene rings is 1. The summed E-state index contributed by atoms with van der Waals surface area (Å²) in [6.07, 6.45) is 1.63. The Balaban J connectivity index is 1.48. The van der Waals surface area contributed by atoms with Crippen LogP contribution >= 0.6 is 11.6 Å². The Bertz CT molecular complexity index is 1020. The maximum absolute atomic E-state index is 13.1. The predicted octanol–water partition coefficient (Wildman–Crippen LogP) is 3.52. The van der Waals surface area contributed by atoms with Crippen LogP contribution in [0.3, 0.4) is 0 Å². The van der Waals surface area contributed by atoms with Crippen LogP contribution in [0.15, 0.2) is 36.5 Å². The van der Waals surface area contributed by atoms with Gasteiger partial charge in [-0.25, -0.2) is 9.50 Å². The van der Waals surface area contributed by atoms with Crippen molar-refractivity contribution in [2.75, 3.05) is 26.2 Å². The predicted molar refractivity (Wildman–Crippen MR) is 110 cm³/mol. The van der Waals surface area contributed by atoms with Gasteiger partial charge < -0.3 is 4.90 Å². The second-order valence-electron chi connectivity index (χ2n) is 7.36. The first-order valence-electron chi connectivity index (χ1n) is 9.55. The van der Waals surface area contributed by atoms with Crippen LogP contribution in [0, 0.1) is 13.8 Å². The molecule has 0 saturated carbocycles. The number of halogens is 1. The second kappa shape index (κ2) is 7.53. The van der Waals surface area contributed by atoms with Crippen molar-refractivity contribution in [2.24, 2.45) is 0 Å². The Morgan fingerprint density at radius 1 is 1.14 bits per heavy atom. The van der Waals surface area contributed by atoms with Crippen molar-refractivity contribution in [2.45, 2.75) is 26.8 Å². The highest BCUT2D eigenvalue weighted by atomic mass is 35.5. The molecule has 1 aromatic carbocycles. The normalized spacial score (nSPS) is 16.5. The highest BCUT2D eigenvalue weighted by molar-refractivity contribution is 6.31. The first-order valence-corrected chi connectivity index (χ1v) is 9.93. The van der Waals surface area contributed by atoms with Gasteiger partial charge in [-0.15, -0.1) is 0 Å². The van der Waals surface area contributed by atoms with E-state index in [0.717, 1.165) is 35.1 Å². The minimum Gasteiger partial charge on any atom is -0.336 e. The van der Waals surface area contributed by atoms with Crippen LogP contribution in [0.2, 0.25) is 5.02 Å². The van der Waals surface area contributed by atoms with Gasteiger partial charge in [0.25, 0.3) is 5.91 Å². The quantitative estimate of drug-likeness (QED) is 0.678. The zero-order valence-electron chi connectivity index (χ0n) is 16.4. The Hall–Kier alpha value is -2.44. The molecule has 28 heavy (non-hydrogen) atoms. The number of hydrogen-bond acceptors (Lipinski definition) is 4. The number of aryl methyl sites for hydroxylation is 2. The SMILES string of the molecule is Cc1cc(C)n2ncc(C(=O)N3CCN([C@@H](C)c4ccccc4Cl)CC3)c2n1. The van der Waals surface area contributed by atoms with E-state index in [4.69, 9.17) is 11.6 Å². The molecule has 1 fully saturated rings. The fourth-order valence-electron chi connectivity index (χ4n) is 3.91. The van der Waals surface area contributed by atoms with Crippen molar-refractivity contribution in [3.05, 3.63) is 64.1 Å². The van der Waals surface area contributed by atoms with Gasteiger partial charge in [-0.05, 0) is 38.5 Å². The van der Waals surface area contributed by atoms with Crippen molar-refractivity contribution in [1.82, 2.24) is 24.4 Å². The average molecular weight is 398 g/mol. The van der Waals surface area contributed by atoms with Gasteiger partial charge in [0.05, 0.1) is 6.20 Å². The number of piperazine rings is 1. The third kappa shape index (κ3) is 3.38. The fourth-order valence-corrected chi connectivity index (χ4v) is 4.21. The number of rotatable bonds is 3. The summed E-state index contributed by atoms with van der Waals surface area (Å²) in [4.78, 5) is 21.9. The number of aromatic nitrogens is 3. The van der Waals surface area contributed by atoms with Crippen LogP contribution in [0.1, 0.15) is 40.3 Å². The number of hydrogen-bond donors (Lipinski definition) is 0. The van der Waals surface area contributed by atoms with E-state index in [9.17, 15) is 4.79 Å². The minimum atomic E-state index is -0.00227. The molecule has 2 aromatic heterocycles. The molecule has 1 amide bonds. The summed E-state index contributed by atoms with van der Waals surface area (Å²) >= 11 is 6.36. The van der Waals surface area contributed by atoms with E-state index in [-0.39, 0.29) is 11.9 Å². The Morgan fingerprint density at radius 2 is 1.86 bits per heavy atom. The van der Waals surface area contributed by atoms with Gasteiger partial charge in [-0.3, -0.25) is 9.69 Å². The summed E-state index contributed by atoms with van der Waals surface area (Å²) in [6.45, 7) is 9.04. The molecule has 3 aromatic rings. The van der Waals surface area contributed by atoms with Gasteiger partial charge in [0.2, 0.25) is 0 Å². The number of carbonyl (C=O) groups excluding carboxylic acids is 1. The first-order chi connectivity index (χ1) is 13.5. The standard InChI is InChI=1S/C21H24ClN5O/c1-14-12-15(2)27-20(24-14)18(13-23-27)21(28)26-10-8-25(9-11-26)16(3)17-6-4-5-7-19(17)22/h4-7,12-13,16H,8-11H2,1-3H3/t16-/m0/s1. The molecule has 6 nitrogen and oxygen atoms in total. The van der Waals surface area contributed by atoms with Crippen molar-refractivity contribution in [3.8, 4) is 0 Å². The highest BCUT2D eigenvalue weighted by Gasteiger charge is 2.28. The third-order valence-corrected chi connectivity index (χ3v) is 5.86. The summed E-state index contributed by atoms with van der Waals surface area (Å²) in [5.74, 6) is -0.00227. The zero-order valence-corrected chi connectivity index (χ0v) is 17.1. The smallest absolute Gasteiger partial charge is 0.259 e. The molecule has 0 spiro atoms. The fraction of sp³-hybridized carbons (Fsp3) is 0.381. The van der Waals surface area contributed by atoms with E-state index in [2.05, 4.69) is 28.0 Å². The van der Waals surface area contributed by atoms with Gasteiger partial charge in [0.1, 0.15) is 5.56 Å². The van der Waals surface area contributed by atoms with Gasteiger partial charge in [-0.1, -0.05) is 29.8 Å². The molecule has 0 unspecified atom stereocenters. The van der Waals surface area contributed by atoms with Gasteiger partial charge in [0, 0.05) is 48.6 Å². The van der Waals surface area contributed by atoms with Crippen molar-refractivity contribution in [3.63, 3.8) is 0 Å². The van der Waals surface area contributed by atoms with Crippen LogP contribution in [-0.4, -0.2) is 56.5 Å². The first kappa shape index (κ1) is 18.9. The second-order valence-corrected chi connectivity index (χ2v) is 7.77. The minimum absolute atomic E-state index is 0.00227. The average Bonchev–Trinajstić information content (AvgIpc) is 3.11. The molecule has 0 bridgehead atoms. The van der Waals surface area contributed by atoms with Gasteiger partial charge in [0.15, 0.2) is 5.65 Å². The van der Waals surface area contributed by atoms with E-state index in [1.54, 1.807) is 10.7 Å². The Morgan fingerprint density at radius 3 is 2.57 bits per heavy atom. The lowest BCUT2D eigenvalue weighted by Crippen LogP contribution is -2.49. The van der Waals surface area contributed by atoms with Crippen molar-refractivity contribution < 1.29 is 4.79 Å². The van der Waals surface area contributed by atoms with Gasteiger partial charge >= 0.3 is 0 Å². The topological polar surface area (TPSA) is 53.7 Å². The molecule has 0 N–H and O–H groups in total. The van der Waals surface area contributed by atoms with Crippen LogP contribution in [0.5, 0.6) is 0 Å². The monoisotopic (exact) mass is 397 g/mol. The summed E-state index contributed by atoms with van der Waals surface area (Å²) in [5, 5.41) is 5.14. The molecular weight excluding hydrogens is 374 g/mol. The molecule has 0 aliphatic carbocycles.